The maximum absolute atomic E-state index is 6.90. The normalized spacial score (nSPS) is 11.9. The first-order valence-electron chi connectivity index (χ1n) is 44.4. The van der Waals surface area contributed by atoms with Gasteiger partial charge in [0.1, 0.15) is 33.5 Å². The molecule has 0 aliphatic rings. The van der Waals surface area contributed by atoms with Crippen molar-refractivity contribution in [2.45, 2.75) is 0 Å². The number of para-hydroxylation sites is 4. The largest absolute Gasteiger partial charge is 0.456 e. The van der Waals surface area contributed by atoms with Crippen LogP contribution in [0, 0.1) is 0 Å². The fourth-order valence-electron chi connectivity index (χ4n) is 20.3. The molecule has 9 aromatic heterocycles. The van der Waals surface area contributed by atoms with Crippen LogP contribution in [0.3, 0.4) is 0 Å². The Morgan fingerprint density at radius 3 is 0.856 bits per heavy atom. The van der Waals surface area contributed by atoms with Crippen LogP contribution in [-0.2, 0) is 0 Å². The van der Waals surface area contributed by atoms with E-state index in [1.54, 1.807) is 0 Å². The summed E-state index contributed by atoms with van der Waals surface area (Å²) in [5.41, 5.74) is 32.2. The number of nitrogens with zero attached hydrogens (tertiary/aromatic N) is 9. The number of rotatable bonds is 14. The van der Waals surface area contributed by atoms with Crippen molar-refractivity contribution < 1.29 is 13.3 Å². The van der Waals surface area contributed by atoms with Crippen LogP contribution < -0.4 is 0 Å². The van der Waals surface area contributed by atoms with Crippen LogP contribution in [0.25, 0.3) is 272 Å². The predicted molar refractivity (Wildman–Crippen MR) is 538 cm³/mol. The summed E-state index contributed by atoms with van der Waals surface area (Å²) in [5, 5.41) is 13.4. The van der Waals surface area contributed by atoms with Gasteiger partial charge < -0.3 is 27.0 Å². The van der Waals surface area contributed by atoms with Crippen molar-refractivity contribution in [2.24, 2.45) is 0 Å². The first kappa shape index (κ1) is 74.3. The maximum Gasteiger partial charge on any atom is 0.164 e. The molecule has 0 aliphatic heterocycles. The molecule has 0 N–H and O–H groups in total. The Morgan fingerprint density at radius 1 is 0.152 bits per heavy atom. The van der Waals surface area contributed by atoms with E-state index in [1.165, 1.54) is 10.8 Å². The van der Waals surface area contributed by atoms with E-state index < -0.39 is 0 Å². The van der Waals surface area contributed by atoms with Gasteiger partial charge in [-0.05, 0) is 185 Å². The maximum atomic E-state index is 6.90. The van der Waals surface area contributed by atoms with Gasteiger partial charge in [0.25, 0.3) is 0 Å². The van der Waals surface area contributed by atoms with E-state index in [9.17, 15) is 0 Å². The van der Waals surface area contributed by atoms with Crippen molar-refractivity contribution in [1.82, 2.24) is 43.6 Å². The van der Waals surface area contributed by atoms with Gasteiger partial charge in [-0.2, -0.15) is 0 Å². The summed E-state index contributed by atoms with van der Waals surface area (Å²) in [4.78, 5) is 31.2. The minimum atomic E-state index is 0.601. The van der Waals surface area contributed by atoms with Gasteiger partial charge in [0.15, 0.2) is 23.3 Å². The Labute approximate surface area is 754 Å². The van der Waals surface area contributed by atoms with Crippen LogP contribution in [0.5, 0.6) is 0 Å². The van der Waals surface area contributed by atoms with Gasteiger partial charge in [-0.3, -0.25) is 0 Å². The number of pyridine rings is 1. The minimum Gasteiger partial charge on any atom is -0.456 e. The van der Waals surface area contributed by atoms with Crippen LogP contribution in [0.1, 0.15) is 0 Å². The average Bonchev–Trinajstić information content (AvgIpc) is 1.54. The molecule has 0 atom stereocenters. The molecular formula is C120H71N9O3. The number of hydrogen-bond donors (Lipinski definition) is 0. The van der Waals surface area contributed by atoms with E-state index >= 15 is 0 Å². The van der Waals surface area contributed by atoms with Crippen LogP contribution in [-0.4, -0.2) is 43.6 Å². The van der Waals surface area contributed by atoms with E-state index in [-0.39, 0.29) is 0 Å². The predicted octanol–water partition coefficient (Wildman–Crippen LogP) is 31.4. The second-order valence-corrected chi connectivity index (χ2v) is 33.9. The van der Waals surface area contributed by atoms with Crippen molar-refractivity contribution in [3.05, 3.63) is 431 Å². The molecule has 132 heavy (non-hydrogen) atoms. The number of furan rings is 3. The molecule has 27 rings (SSSR count). The smallest absolute Gasteiger partial charge is 0.164 e. The molecule has 0 radical (unpaired) electrons. The fraction of sp³-hybridized carbons (Fsp3) is 0. The van der Waals surface area contributed by atoms with Crippen LogP contribution in [0.2, 0.25) is 0 Å². The Hall–Kier alpha value is -18.0. The molecule has 614 valence electrons. The van der Waals surface area contributed by atoms with Gasteiger partial charge in [0.05, 0.1) is 55.9 Å². The molecular weight excluding hydrogens is 1620 g/mol. The lowest BCUT2D eigenvalue weighted by molar-refractivity contribution is 0.669. The zero-order valence-electron chi connectivity index (χ0n) is 70.7. The van der Waals surface area contributed by atoms with Crippen molar-refractivity contribution in [1.29, 1.82) is 0 Å². The Bertz CT molecular complexity index is 9290. The molecule has 12 heteroatoms. The average molecular weight is 1690 g/mol. The van der Waals surface area contributed by atoms with Crippen LogP contribution >= 0.6 is 0 Å². The molecule has 9 heterocycles. The third-order valence-corrected chi connectivity index (χ3v) is 26.4. The van der Waals surface area contributed by atoms with Gasteiger partial charge in [-0.1, -0.05) is 279 Å². The molecule has 27 aromatic rings. The SMILES string of the molecule is c1ccc(-c2cc(-c3ccc(-n4c5ccccc5c5c6c(ccc54)oc4ccccc46)cc3)cc(-c3ccc(-c4cccc5oc6ccc7c(c8ccccc8n7-c7ccc(-c8nc(-c9ccccc9)cc(-c9ccc(-c%10cccc%11oc%12ccc%13c(c%14ccccc%14n%13-c%13ccc(-c%14nc(-c%15ccccc%15)nc(-c%15ccccc%15)n%14)cc%13)c%12c%10%11)cc9)n8)cc7)c6c45)cc3)n2)cc1. The molecule has 12 nitrogen and oxygen atoms in total. The third-order valence-electron chi connectivity index (χ3n) is 26.4. The number of benzene rings is 18. The highest BCUT2D eigenvalue weighted by atomic mass is 16.3. The Balaban J connectivity index is 0.508. The van der Waals surface area contributed by atoms with Gasteiger partial charge in [-0.15, -0.1) is 0 Å². The molecule has 0 spiro atoms. The van der Waals surface area contributed by atoms with Crippen molar-refractivity contribution in [3.63, 3.8) is 0 Å². The van der Waals surface area contributed by atoms with E-state index in [0.717, 1.165) is 238 Å². The van der Waals surface area contributed by atoms with E-state index in [1.807, 2.05) is 72.8 Å². The summed E-state index contributed by atoms with van der Waals surface area (Å²) >= 11 is 0. The van der Waals surface area contributed by atoms with Crippen molar-refractivity contribution in [3.8, 4) is 141 Å². The van der Waals surface area contributed by atoms with Crippen LogP contribution in [0.4, 0.5) is 0 Å². The van der Waals surface area contributed by atoms with Gasteiger partial charge in [0, 0.05) is 126 Å². The summed E-state index contributed by atoms with van der Waals surface area (Å²) in [6.07, 6.45) is 0. The quantitative estimate of drug-likeness (QED) is 0.104. The zero-order chi connectivity index (χ0) is 86.6. The zero-order valence-corrected chi connectivity index (χ0v) is 70.7. The van der Waals surface area contributed by atoms with Gasteiger partial charge in [-0.25, -0.2) is 29.9 Å². The Kier molecular flexibility index (Phi) is 16.8. The molecule has 0 saturated heterocycles. The number of hydrogen-bond acceptors (Lipinski definition) is 9. The van der Waals surface area contributed by atoms with Crippen molar-refractivity contribution >= 4 is 131 Å². The van der Waals surface area contributed by atoms with E-state index in [4.69, 9.17) is 43.2 Å². The molecule has 0 amide bonds. The first-order chi connectivity index (χ1) is 65.4. The molecule has 0 saturated carbocycles. The lowest BCUT2D eigenvalue weighted by Crippen LogP contribution is -2.00. The highest BCUT2D eigenvalue weighted by molar-refractivity contribution is 6.32. The first-order valence-corrected chi connectivity index (χ1v) is 44.4. The summed E-state index contributed by atoms with van der Waals surface area (Å²) in [6, 6.07) is 152. The summed E-state index contributed by atoms with van der Waals surface area (Å²) in [5.74, 6) is 2.46. The van der Waals surface area contributed by atoms with E-state index in [2.05, 4.69) is 372 Å². The molecule has 0 bridgehead atoms. The molecule has 18 aromatic carbocycles. The summed E-state index contributed by atoms with van der Waals surface area (Å²) < 4.78 is 27.3. The molecule has 0 unspecified atom stereocenters. The van der Waals surface area contributed by atoms with Gasteiger partial charge in [0.2, 0.25) is 0 Å². The van der Waals surface area contributed by atoms with E-state index in [0.29, 0.717) is 23.3 Å². The monoisotopic (exact) mass is 1690 g/mol. The summed E-state index contributed by atoms with van der Waals surface area (Å²) in [7, 11) is 0. The lowest BCUT2D eigenvalue weighted by Gasteiger charge is -2.13. The Morgan fingerprint density at radius 2 is 0.439 bits per heavy atom. The van der Waals surface area contributed by atoms with Crippen LogP contribution in [0.15, 0.2) is 444 Å². The number of fused-ring (bicyclic) bond motifs is 21. The lowest BCUT2D eigenvalue weighted by atomic mass is 9.95. The van der Waals surface area contributed by atoms with Crippen molar-refractivity contribution in [2.75, 3.05) is 0 Å². The highest BCUT2D eigenvalue weighted by Crippen LogP contribution is 2.50. The second kappa shape index (κ2) is 29.8. The second-order valence-electron chi connectivity index (χ2n) is 33.9. The number of aromatic nitrogens is 9. The third kappa shape index (κ3) is 12.0. The topological polar surface area (TPSA) is 132 Å². The molecule has 0 aliphatic carbocycles. The van der Waals surface area contributed by atoms with Gasteiger partial charge >= 0.3 is 0 Å². The summed E-state index contributed by atoms with van der Waals surface area (Å²) in [6.45, 7) is 0. The highest BCUT2D eigenvalue weighted by Gasteiger charge is 2.27. The standard InChI is InChI=1S/C120H71N9O3/c1-5-23-75(24-6-1)93-69-83(72-51-57-84(58-52-72)127-97-37-17-13-31-89(97)109-100(127)63-66-106-114(109)92-34-16-20-40-103(92)130-106)70-94(121-93)77-47-43-73(44-48-77)87-35-21-41-104-112(87)115-107(131-104)67-64-101-110(115)90-32-14-18-38-98(90)128(101)85-59-53-81(54-60-85)117-122-95(76-25-7-2-8-26-76)71-96(123-117)78-49-45-74(46-50-78)88-36-22-42-105-113(88)116-108(132-105)68-65-102-111(116)91-33-15-19-39-99(91)129(102)86-61-55-82(56-62-86)120-125-118(79-27-9-3-10-28-79)124-119(126-120)80-29-11-4-12-30-80/h1-71H. The fourth-order valence-corrected chi connectivity index (χ4v) is 20.3. The molecule has 0 fully saturated rings. The minimum absolute atomic E-state index is 0.601.